The number of likely N-dealkylation sites (tertiary alicyclic amines) is 1. The highest BCUT2D eigenvalue weighted by Gasteiger charge is 2.26. The summed E-state index contributed by atoms with van der Waals surface area (Å²) in [6.45, 7) is 2.66. The van der Waals surface area contributed by atoms with Crippen LogP contribution in [0.5, 0.6) is 0 Å². The van der Waals surface area contributed by atoms with E-state index in [4.69, 9.17) is 5.73 Å². The predicted molar refractivity (Wildman–Crippen MR) is 81.5 cm³/mol. The first-order valence-corrected chi connectivity index (χ1v) is 7.51. The van der Waals surface area contributed by atoms with Crippen LogP contribution in [-0.4, -0.2) is 49.6 Å². The van der Waals surface area contributed by atoms with Crippen molar-refractivity contribution in [2.24, 2.45) is 5.73 Å². The SMILES string of the molecule is CN1CCCC(N(C)C(CN)c2ccc(C(F)F)cc2)C1. The molecule has 0 radical (unpaired) electrons. The lowest BCUT2D eigenvalue weighted by atomic mass is 9.98. The van der Waals surface area contributed by atoms with E-state index in [1.54, 1.807) is 12.1 Å². The van der Waals surface area contributed by atoms with E-state index in [1.165, 1.54) is 18.6 Å². The van der Waals surface area contributed by atoms with Gasteiger partial charge in [0.1, 0.15) is 0 Å². The summed E-state index contributed by atoms with van der Waals surface area (Å²) < 4.78 is 25.3. The molecule has 118 valence electrons. The summed E-state index contributed by atoms with van der Waals surface area (Å²) in [6, 6.07) is 7.11. The molecule has 0 saturated carbocycles. The van der Waals surface area contributed by atoms with E-state index in [2.05, 4.69) is 23.9 Å². The van der Waals surface area contributed by atoms with Gasteiger partial charge in [0.2, 0.25) is 0 Å². The second kappa shape index (κ2) is 7.29. The average Bonchev–Trinajstić information content (AvgIpc) is 2.48. The summed E-state index contributed by atoms with van der Waals surface area (Å²) in [5.41, 5.74) is 7.02. The number of benzene rings is 1. The van der Waals surface area contributed by atoms with Crippen LogP contribution in [0.2, 0.25) is 0 Å². The predicted octanol–water partition coefficient (Wildman–Crippen LogP) is 2.65. The van der Waals surface area contributed by atoms with Crippen molar-refractivity contribution in [2.45, 2.75) is 31.4 Å². The zero-order valence-corrected chi connectivity index (χ0v) is 12.8. The summed E-state index contributed by atoms with van der Waals surface area (Å²) in [6.07, 6.45) is -0.0698. The van der Waals surface area contributed by atoms with Gasteiger partial charge in [0, 0.05) is 30.7 Å². The first-order valence-electron chi connectivity index (χ1n) is 7.51. The Morgan fingerprint density at radius 2 is 1.90 bits per heavy atom. The molecule has 2 N–H and O–H groups in total. The Morgan fingerprint density at radius 3 is 2.43 bits per heavy atom. The molecule has 1 aromatic carbocycles. The van der Waals surface area contributed by atoms with Gasteiger partial charge in [-0.1, -0.05) is 24.3 Å². The third-order valence-electron chi connectivity index (χ3n) is 4.46. The van der Waals surface area contributed by atoms with Gasteiger partial charge in [-0.05, 0) is 39.0 Å². The largest absolute Gasteiger partial charge is 0.329 e. The van der Waals surface area contributed by atoms with Crippen LogP contribution in [-0.2, 0) is 0 Å². The summed E-state index contributed by atoms with van der Waals surface area (Å²) >= 11 is 0. The number of piperidine rings is 1. The van der Waals surface area contributed by atoms with Gasteiger partial charge in [-0.25, -0.2) is 8.78 Å². The van der Waals surface area contributed by atoms with E-state index in [1.807, 2.05) is 0 Å². The van der Waals surface area contributed by atoms with E-state index in [0.29, 0.717) is 12.6 Å². The highest BCUT2D eigenvalue weighted by Crippen LogP contribution is 2.26. The van der Waals surface area contributed by atoms with E-state index >= 15 is 0 Å². The maximum atomic E-state index is 12.6. The van der Waals surface area contributed by atoms with Crippen LogP contribution >= 0.6 is 0 Å². The minimum atomic E-state index is -2.42. The molecule has 1 aromatic rings. The van der Waals surface area contributed by atoms with Gasteiger partial charge in [0.05, 0.1) is 0 Å². The average molecular weight is 297 g/mol. The number of alkyl halides is 2. The number of hydrogen-bond acceptors (Lipinski definition) is 3. The number of rotatable bonds is 5. The zero-order chi connectivity index (χ0) is 15.4. The molecule has 1 aliphatic heterocycles. The Kier molecular flexibility index (Phi) is 5.67. The van der Waals surface area contributed by atoms with Gasteiger partial charge in [0.15, 0.2) is 0 Å². The van der Waals surface area contributed by atoms with E-state index in [0.717, 1.165) is 25.1 Å². The second-order valence-electron chi connectivity index (χ2n) is 5.94. The van der Waals surface area contributed by atoms with Gasteiger partial charge in [-0.3, -0.25) is 4.90 Å². The van der Waals surface area contributed by atoms with Crippen molar-refractivity contribution in [1.82, 2.24) is 9.80 Å². The molecule has 3 nitrogen and oxygen atoms in total. The first kappa shape index (κ1) is 16.3. The maximum absolute atomic E-state index is 12.6. The normalized spacial score (nSPS) is 22.0. The van der Waals surface area contributed by atoms with Crippen molar-refractivity contribution in [2.75, 3.05) is 33.7 Å². The van der Waals surface area contributed by atoms with Crippen LogP contribution < -0.4 is 5.73 Å². The van der Waals surface area contributed by atoms with Gasteiger partial charge in [0.25, 0.3) is 6.43 Å². The lowest BCUT2D eigenvalue weighted by Gasteiger charge is -2.40. The smallest absolute Gasteiger partial charge is 0.263 e. The number of hydrogen-bond donors (Lipinski definition) is 1. The molecule has 21 heavy (non-hydrogen) atoms. The van der Waals surface area contributed by atoms with Crippen LogP contribution in [0.25, 0.3) is 0 Å². The molecule has 2 unspecified atom stereocenters. The van der Waals surface area contributed by atoms with Crippen LogP contribution in [0.1, 0.15) is 36.4 Å². The molecular formula is C16H25F2N3. The Morgan fingerprint density at radius 1 is 1.29 bits per heavy atom. The van der Waals surface area contributed by atoms with Crippen LogP contribution in [0, 0.1) is 0 Å². The quantitative estimate of drug-likeness (QED) is 0.907. The molecule has 2 atom stereocenters. The summed E-state index contributed by atoms with van der Waals surface area (Å²) in [4.78, 5) is 4.63. The molecule has 1 fully saturated rings. The van der Waals surface area contributed by atoms with Crippen LogP contribution in [0.4, 0.5) is 8.78 Å². The molecule has 2 rings (SSSR count). The Hall–Kier alpha value is -1.04. The van der Waals surface area contributed by atoms with Gasteiger partial charge in [-0.15, -0.1) is 0 Å². The second-order valence-corrected chi connectivity index (χ2v) is 5.94. The van der Waals surface area contributed by atoms with Crippen LogP contribution in [0.3, 0.4) is 0 Å². The van der Waals surface area contributed by atoms with E-state index in [9.17, 15) is 8.78 Å². The highest BCUT2D eigenvalue weighted by atomic mass is 19.3. The molecule has 0 aliphatic carbocycles. The van der Waals surface area contributed by atoms with Gasteiger partial charge >= 0.3 is 0 Å². The van der Waals surface area contributed by atoms with Crippen molar-refractivity contribution in [3.63, 3.8) is 0 Å². The molecule has 1 heterocycles. The van der Waals surface area contributed by atoms with Gasteiger partial charge < -0.3 is 10.6 Å². The number of nitrogens with zero attached hydrogens (tertiary/aromatic N) is 2. The molecule has 0 amide bonds. The molecule has 0 spiro atoms. The summed E-state index contributed by atoms with van der Waals surface area (Å²) in [5.74, 6) is 0. The molecule has 1 aliphatic rings. The molecule has 5 heteroatoms. The molecular weight excluding hydrogens is 272 g/mol. The topological polar surface area (TPSA) is 32.5 Å². The Labute approximate surface area is 125 Å². The van der Waals surface area contributed by atoms with E-state index < -0.39 is 6.43 Å². The van der Waals surface area contributed by atoms with Gasteiger partial charge in [-0.2, -0.15) is 0 Å². The molecule has 0 bridgehead atoms. The van der Waals surface area contributed by atoms with Crippen molar-refractivity contribution in [3.8, 4) is 0 Å². The number of nitrogens with two attached hydrogens (primary N) is 1. The Balaban J connectivity index is 2.10. The minimum Gasteiger partial charge on any atom is -0.329 e. The molecule has 0 aromatic heterocycles. The fraction of sp³-hybridized carbons (Fsp3) is 0.625. The first-order chi connectivity index (χ1) is 10.0. The minimum absolute atomic E-state index is 0.0644. The van der Waals surface area contributed by atoms with Crippen molar-refractivity contribution >= 4 is 0 Å². The van der Waals surface area contributed by atoms with Crippen molar-refractivity contribution < 1.29 is 8.78 Å². The van der Waals surface area contributed by atoms with Crippen LogP contribution in [0.15, 0.2) is 24.3 Å². The summed E-state index contributed by atoms with van der Waals surface area (Å²) in [5, 5.41) is 0. The Bertz CT molecular complexity index is 436. The number of likely N-dealkylation sites (N-methyl/N-ethyl adjacent to an activating group) is 2. The monoisotopic (exact) mass is 297 g/mol. The molecule has 1 saturated heterocycles. The fourth-order valence-electron chi connectivity index (χ4n) is 3.13. The van der Waals surface area contributed by atoms with Crippen molar-refractivity contribution in [3.05, 3.63) is 35.4 Å². The van der Waals surface area contributed by atoms with Crippen molar-refractivity contribution in [1.29, 1.82) is 0 Å². The fourth-order valence-corrected chi connectivity index (χ4v) is 3.13. The lowest BCUT2D eigenvalue weighted by Crippen LogP contribution is -2.47. The lowest BCUT2D eigenvalue weighted by molar-refractivity contribution is 0.101. The highest BCUT2D eigenvalue weighted by molar-refractivity contribution is 5.26. The summed E-state index contributed by atoms with van der Waals surface area (Å²) in [7, 11) is 4.22. The zero-order valence-electron chi connectivity index (χ0n) is 12.8. The third-order valence-corrected chi connectivity index (χ3v) is 4.46. The standard InChI is InChI=1S/C16H25F2N3/c1-20-9-3-4-14(11-20)21(2)15(10-19)12-5-7-13(8-6-12)16(17)18/h5-8,14-16H,3-4,9-11,19H2,1-2H3. The maximum Gasteiger partial charge on any atom is 0.263 e. The number of halogens is 2. The van der Waals surface area contributed by atoms with E-state index in [-0.39, 0.29) is 11.6 Å². The third kappa shape index (κ3) is 3.99.